The average molecular weight is 319 g/mol. The molecule has 1 heterocycles. The molecule has 0 aromatic carbocycles. The van der Waals surface area contributed by atoms with E-state index < -0.39 is 0 Å². The summed E-state index contributed by atoms with van der Waals surface area (Å²) >= 11 is 5.42. The van der Waals surface area contributed by atoms with Gasteiger partial charge in [-0.05, 0) is 48.4 Å². The van der Waals surface area contributed by atoms with Crippen molar-refractivity contribution in [2.24, 2.45) is 5.41 Å². The highest BCUT2D eigenvalue weighted by Crippen LogP contribution is 2.26. The number of aryl methyl sites for hydroxylation is 1. The van der Waals surface area contributed by atoms with Gasteiger partial charge in [-0.3, -0.25) is 0 Å². The minimum Gasteiger partial charge on any atom is -0.311 e. The molecule has 1 aromatic rings. The minimum absolute atomic E-state index is 0.313. The summed E-state index contributed by atoms with van der Waals surface area (Å²) in [5.41, 5.74) is 0.313. The standard InChI is InChI=1S/C13H23BrN2S/c1-10-12(14)6-11(17-10)7-15-8-13(2,3)9-16(4)5/h6,15H,7-9H2,1-5H3. The van der Waals surface area contributed by atoms with Crippen molar-refractivity contribution < 1.29 is 0 Å². The van der Waals surface area contributed by atoms with Crippen LogP contribution in [-0.4, -0.2) is 32.1 Å². The molecule has 4 heteroatoms. The predicted molar refractivity (Wildman–Crippen MR) is 80.8 cm³/mol. The molecule has 0 saturated carbocycles. The van der Waals surface area contributed by atoms with Crippen molar-refractivity contribution in [3.63, 3.8) is 0 Å². The molecule has 0 aliphatic rings. The molecule has 98 valence electrons. The first-order chi connectivity index (χ1) is 7.80. The Morgan fingerprint density at radius 3 is 2.53 bits per heavy atom. The molecule has 0 aliphatic carbocycles. The number of nitrogens with one attached hydrogen (secondary N) is 1. The van der Waals surface area contributed by atoms with Crippen molar-refractivity contribution in [1.29, 1.82) is 0 Å². The SMILES string of the molecule is Cc1sc(CNCC(C)(C)CN(C)C)cc1Br. The van der Waals surface area contributed by atoms with E-state index in [1.165, 1.54) is 14.2 Å². The Kier molecular flexibility index (Phi) is 5.64. The Labute approximate surface area is 118 Å². The highest BCUT2D eigenvalue weighted by Gasteiger charge is 2.18. The fourth-order valence-corrected chi connectivity index (χ4v) is 3.61. The summed E-state index contributed by atoms with van der Waals surface area (Å²) in [6.45, 7) is 9.86. The van der Waals surface area contributed by atoms with Crippen LogP contribution in [0.2, 0.25) is 0 Å². The average Bonchev–Trinajstić information content (AvgIpc) is 2.43. The van der Waals surface area contributed by atoms with E-state index in [2.05, 4.69) is 67.1 Å². The summed E-state index contributed by atoms with van der Waals surface area (Å²) in [6, 6.07) is 2.21. The van der Waals surface area contributed by atoms with Crippen molar-refractivity contribution in [2.75, 3.05) is 27.2 Å². The van der Waals surface area contributed by atoms with Gasteiger partial charge in [-0.15, -0.1) is 11.3 Å². The van der Waals surface area contributed by atoms with Crippen molar-refractivity contribution >= 4 is 27.3 Å². The molecule has 0 bridgehead atoms. The van der Waals surface area contributed by atoms with Crippen LogP contribution in [0, 0.1) is 12.3 Å². The van der Waals surface area contributed by atoms with Gasteiger partial charge in [0.2, 0.25) is 0 Å². The summed E-state index contributed by atoms with van der Waals surface area (Å²) in [5.74, 6) is 0. The van der Waals surface area contributed by atoms with Crippen LogP contribution in [0.4, 0.5) is 0 Å². The van der Waals surface area contributed by atoms with E-state index in [0.717, 1.165) is 19.6 Å². The molecule has 17 heavy (non-hydrogen) atoms. The van der Waals surface area contributed by atoms with Crippen LogP contribution in [0.3, 0.4) is 0 Å². The van der Waals surface area contributed by atoms with E-state index in [0.29, 0.717) is 5.41 Å². The molecular weight excluding hydrogens is 296 g/mol. The summed E-state index contributed by atoms with van der Waals surface area (Å²) in [4.78, 5) is 5.00. The molecule has 2 nitrogen and oxygen atoms in total. The summed E-state index contributed by atoms with van der Waals surface area (Å²) in [6.07, 6.45) is 0. The van der Waals surface area contributed by atoms with Crippen LogP contribution < -0.4 is 5.32 Å². The molecule has 0 amide bonds. The van der Waals surface area contributed by atoms with Gasteiger partial charge in [-0.1, -0.05) is 13.8 Å². The van der Waals surface area contributed by atoms with E-state index in [1.54, 1.807) is 0 Å². The Morgan fingerprint density at radius 2 is 2.06 bits per heavy atom. The Bertz CT molecular complexity index is 339. The number of thiophene rings is 1. The maximum atomic E-state index is 3.56. The molecule has 0 spiro atoms. The smallest absolute Gasteiger partial charge is 0.0314 e. The lowest BCUT2D eigenvalue weighted by atomic mass is 9.93. The maximum Gasteiger partial charge on any atom is 0.0314 e. The van der Waals surface area contributed by atoms with E-state index in [4.69, 9.17) is 0 Å². The number of hydrogen-bond acceptors (Lipinski definition) is 3. The topological polar surface area (TPSA) is 15.3 Å². The third-order valence-electron chi connectivity index (χ3n) is 2.56. The summed E-state index contributed by atoms with van der Waals surface area (Å²) in [5, 5.41) is 3.55. The van der Waals surface area contributed by atoms with Gasteiger partial charge < -0.3 is 10.2 Å². The fourth-order valence-electron chi connectivity index (χ4n) is 2.04. The third kappa shape index (κ3) is 5.51. The molecule has 1 aromatic heterocycles. The van der Waals surface area contributed by atoms with Gasteiger partial charge in [0.05, 0.1) is 0 Å². The molecule has 0 radical (unpaired) electrons. The fraction of sp³-hybridized carbons (Fsp3) is 0.692. The van der Waals surface area contributed by atoms with Crippen molar-refractivity contribution in [3.05, 3.63) is 20.3 Å². The third-order valence-corrected chi connectivity index (χ3v) is 4.69. The van der Waals surface area contributed by atoms with Crippen LogP contribution in [0.1, 0.15) is 23.6 Å². The molecule has 0 unspecified atom stereocenters. The van der Waals surface area contributed by atoms with Crippen LogP contribution in [0.5, 0.6) is 0 Å². The highest BCUT2D eigenvalue weighted by molar-refractivity contribution is 9.10. The molecule has 0 saturated heterocycles. The minimum atomic E-state index is 0.313. The monoisotopic (exact) mass is 318 g/mol. The van der Waals surface area contributed by atoms with Crippen LogP contribution in [0.25, 0.3) is 0 Å². The van der Waals surface area contributed by atoms with E-state index in [1.807, 2.05) is 11.3 Å². The molecule has 1 N–H and O–H groups in total. The molecule has 1 rings (SSSR count). The first kappa shape index (κ1) is 15.2. The molecule has 0 atom stereocenters. The van der Waals surface area contributed by atoms with Gasteiger partial charge in [0.25, 0.3) is 0 Å². The second-order valence-electron chi connectivity index (χ2n) is 5.62. The quantitative estimate of drug-likeness (QED) is 0.863. The van der Waals surface area contributed by atoms with Gasteiger partial charge >= 0.3 is 0 Å². The van der Waals surface area contributed by atoms with Crippen LogP contribution >= 0.6 is 27.3 Å². The lowest BCUT2D eigenvalue weighted by Gasteiger charge is -2.28. The first-order valence-corrected chi connectivity index (χ1v) is 7.51. The maximum absolute atomic E-state index is 3.56. The van der Waals surface area contributed by atoms with Crippen LogP contribution in [-0.2, 0) is 6.54 Å². The summed E-state index contributed by atoms with van der Waals surface area (Å²) in [7, 11) is 4.25. The molecular formula is C13H23BrN2S. The second-order valence-corrected chi connectivity index (χ2v) is 7.82. The lowest BCUT2D eigenvalue weighted by Crippen LogP contribution is -2.37. The van der Waals surface area contributed by atoms with Crippen molar-refractivity contribution in [3.8, 4) is 0 Å². The van der Waals surface area contributed by atoms with Gasteiger partial charge in [0.1, 0.15) is 0 Å². The van der Waals surface area contributed by atoms with Crippen molar-refractivity contribution in [1.82, 2.24) is 10.2 Å². The van der Waals surface area contributed by atoms with E-state index >= 15 is 0 Å². The normalized spacial score (nSPS) is 12.4. The van der Waals surface area contributed by atoms with E-state index in [-0.39, 0.29) is 0 Å². The van der Waals surface area contributed by atoms with Gasteiger partial charge in [0, 0.05) is 33.9 Å². The zero-order valence-electron chi connectivity index (χ0n) is 11.4. The van der Waals surface area contributed by atoms with Gasteiger partial charge in [-0.2, -0.15) is 0 Å². The Balaban J connectivity index is 2.37. The van der Waals surface area contributed by atoms with Gasteiger partial charge in [0.15, 0.2) is 0 Å². The molecule has 0 aliphatic heterocycles. The number of rotatable bonds is 6. The number of nitrogens with zero attached hydrogens (tertiary/aromatic N) is 1. The second kappa shape index (κ2) is 6.32. The Morgan fingerprint density at radius 1 is 1.41 bits per heavy atom. The van der Waals surface area contributed by atoms with Gasteiger partial charge in [-0.25, -0.2) is 0 Å². The Hall–Kier alpha value is 0.100. The molecule has 0 fully saturated rings. The highest BCUT2D eigenvalue weighted by atomic mass is 79.9. The lowest BCUT2D eigenvalue weighted by molar-refractivity contribution is 0.232. The van der Waals surface area contributed by atoms with Crippen molar-refractivity contribution in [2.45, 2.75) is 27.3 Å². The number of halogens is 1. The summed E-state index contributed by atoms with van der Waals surface area (Å²) < 4.78 is 1.23. The number of hydrogen-bond donors (Lipinski definition) is 1. The largest absolute Gasteiger partial charge is 0.311 e. The van der Waals surface area contributed by atoms with Crippen LogP contribution in [0.15, 0.2) is 10.5 Å². The zero-order valence-corrected chi connectivity index (χ0v) is 13.8. The predicted octanol–water partition coefficient (Wildman–Crippen LogP) is 3.50. The zero-order chi connectivity index (χ0) is 13.1. The first-order valence-electron chi connectivity index (χ1n) is 5.90. The van der Waals surface area contributed by atoms with E-state index in [9.17, 15) is 0 Å².